The summed E-state index contributed by atoms with van der Waals surface area (Å²) < 4.78 is 1.70. The fourth-order valence-electron chi connectivity index (χ4n) is 2.06. The van der Waals surface area contributed by atoms with E-state index in [1.165, 1.54) is 32.1 Å². The molecule has 7 heteroatoms. The molecule has 0 saturated heterocycles. The Labute approximate surface area is 125 Å². The molecule has 2 rings (SSSR count). The number of nitrogen functional groups attached to an aromatic ring is 1. The van der Waals surface area contributed by atoms with E-state index in [0.29, 0.717) is 11.9 Å². The quantitative estimate of drug-likeness (QED) is 0.688. The van der Waals surface area contributed by atoms with Crippen LogP contribution in [-0.4, -0.2) is 31.0 Å². The minimum atomic E-state index is 0.208. The van der Waals surface area contributed by atoms with Gasteiger partial charge in [0.25, 0.3) is 0 Å². The normalized spacial score (nSPS) is 10.7. The van der Waals surface area contributed by atoms with Crippen molar-refractivity contribution in [3.63, 3.8) is 0 Å². The number of hydrogen-bond acceptors (Lipinski definition) is 6. The molecule has 2 aromatic heterocycles. The van der Waals surface area contributed by atoms with E-state index in [0.717, 1.165) is 13.0 Å². The van der Waals surface area contributed by atoms with Crippen molar-refractivity contribution < 1.29 is 0 Å². The molecule has 0 unspecified atom stereocenters. The van der Waals surface area contributed by atoms with Gasteiger partial charge in [-0.1, -0.05) is 39.0 Å². The number of nitrogens with one attached hydrogen (secondary N) is 1. The summed E-state index contributed by atoms with van der Waals surface area (Å²) >= 11 is 0. The molecule has 0 aromatic carbocycles. The maximum atomic E-state index is 5.71. The summed E-state index contributed by atoms with van der Waals surface area (Å²) in [6.07, 6.45) is 12.6. The Balaban J connectivity index is 1.81. The van der Waals surface area contributed by atoms with Gasteiger partial charge < -0.3 is 11.1 Å². The molecule has 0 aliphatic rings. The molecule has 0 radical (unpaired) electrons. The Morgan fingerprint density at radius 3 is 2.67 bits per heavy atom. The molecular formula is C14H23N7. The first-order valence-corrected chi connectivity index (χ1v) is 7.53. The van der Waals surface area contributed by atoms with Gasteiger partial charge in [-0.25, -0.2) is 4.98 Å². The lowest BCUT2D eigenvalue weighted by molar-refractivity contribution is 0.616. The van der Waals surface area contributed by atoms with E-state index in [4.69, 9.17) is 5.73 Å². The minimum absolute atomic E-state index is 0.208. The van der Waals surface area contributed by atoms with Gasteiger partial charge in [-0.05, 0) is 6.42 Å². The third-order valence-corrected chi connectivity index (χ3v) is 3.19. The first-order chi connectivity index (χ1) is 10.3. The van der Waals surface area contributed by atoms with Gasteiger partial charge in [0.15, 0.2) is 0 Å². The van der Waals surface area contributed by atoms with Crippen LogP contribution in [0.5, 0.6) is 0 Å². The van der Waals surface area contributed by atoms with Crippen molar-refractivity contribution in [3.8, 4) is 5.95 Å². The Kier molecular flexibility index (Phi) is 5.93. The maximum Gasteiger partial charge on any atom is 0.241 e. The molecule has 0 aliphatic heterocycles. The molecule has 21 heavy (non-hydrogen) atoms. The number of anilines is 2. The molecule has 0 aliphatic carbocycles. The van der Waals surface area contributed by atoms with Gasteiger partial charge >= 0.3 is 0 Å². The Hall–Kier alpha value is -2.18. The molecule has 2 heterocycles. The highest BCUT2D eigenvalue weighted by Crippen LogP contribution is 2.08. The number of aromatic nitrogens is 5. The van der Waals surface area contributed by atoms with Crippen molar-refractivity contribution in [1.82, 2.24) is 24.5 Å². The predicted octanol–water partition coefficient (Wildman–Crippen LogP) is 2.41. The molecule has 0 atom stereocenters. The van der Waals surface area contributed by atoms with Gasteiger partial charge in [0.05, 0.1) is 0 Å². The van der Waals surface area contributed by atoms with Crippen LogP contribution in [0, 0.1) is 0 Å². The van der Waals surface area contributed by atoms with Crippen LogP contribution < -0.4 is 11.1 Å². The second-order valence-corrected chi connectivity index (χ2v) is 4.98. The van der Waals surface area contributed by atoms with Crippen LogP contribution in [0.15, 0.2) is 18.7 Å². The number of rotatable bonds is 9. The van der Waals surface area contributed by atoms with E-state index >= 15 is 0 Å². The van der Waals surface area contributed by atoms with Crippen LogP contribution in [0.1, 0.15) is 45.4 Å². The summed E-state index contributed by atoms with van der Waals surface area (Å²) in [5.74, 6) is 1.20. The van der Waals surface area contributed by atoms with Crippen molar-refractivity contribution in [2.24, 2.45) is 0 Å². The third kappa shape index (κ3) is 5.02. The zero-order chi connectivity index (χ0) is 14.9. The highest BCUT2D eigenvalue weighted by atomic mass is 15.3. The van der Waals surface area contributed by atoms with Crippen LogP contribution in [0.2, 0.25) is 0 Å². The number of hydrogen-bond donors (Lipinski definition) is 2. The fourth-order valence-corrected chi connectivity index (χ4v) is 2.06. The van der Waals surface area contributed by atoms with E-state index in [1.54, 1.807) is 23.3 Å². The van der Waals surface area contributed by atoms with Crippen molar-refractivity contribution in [2.45, 2.75) is 45.4 Å². The SMILES string of the molecule is CCCCCCCCNc1nc(N)nc(-n2ccnc2)n1. The predicted molar refractivity (Wildman–Crippen MR) is 83.2 cm³/mol. The van der Waals surface area contributed by atoms with Gasteiger partial charge in [0.2, 0.25) is 17.8 Å². The van der Waals surface area contributed by atoms with Crippen LogP contribution in [-0.2, 0) is 0 Å². The number of nitrogens with zero attached hydrogens (tertiary/aromatic N) is 5. The summed E-state index contributed by atoms with van der Waals surface area (Å²) in [6.45, 7) is 3.07. The number of imidazole rings is 1. The highest BCUT2D eigenvalue weighted by molar-refractivity contribution is 5.34. The average molecular weight is 289 g/mol. The Morgan fingerprint density at radius 1 is 1.10 bits per heavy atom. The maximum absolute atomic E-state index is 5.71. The van der Waals surface area contributed by atoms with Crippen LogP contribution in [0.4, 0.5) is 11.9 Å². The molecule has 3 N–H and O–H groups in total. The van der Waals surface area contributed by atoms with E-state index in [-0.39, 0.29) is 5.95 Å². The zero-order valence-corrected chi connectivity index (χ0v) is 12.5. The molecule has 0 fully saturated rings. The second-order valence-electron chi connectivity index (χ2n) is 4.98. The average Bonchev–Trinajstić information content (AvgIpc) is 3.00. The van der Waals surface area contributed by atoms with Crippen molar-refractivity contribution in [1.29, 1.82) is 0 Å². The van der Waals surface area contributed by atoms with Crippen LogP contribution in [0.3, 0.4) is 0 Å². The number of unbranched alkanes of at least 4 members (excludes halogenated alkanes) is 5. The Morgan fingerprint density at radius 2 is 1.90 bits per heavy atom. The third-order valence-electron chi connectivity index (χ3n) is 3.19. The lowest BCUT2D eigenvalue weighted by Crippen LogP contribution is -2.11. The molecule has 0 bridgehead atoms. The monoisotopic (exact) mass is 289 g/mol. The van der Waals surface area contributed by atoms with Crippen molar-refractivity contribution in [3.05, 3.63) is 18.7 Å². The van der Waals surface area contributed by atoms with Crippen molar-refractivity contribution >= 4 is 11.9 Å². The lowest BCUT2D eigenvalue weighted by Gasteiger charge is -2.07. The summed E-state index contributed by atoms with van der Waals surface area (Å²) in [4.78, 5) is 16.5. The Bertz CT molecular complexity index is 524. The topological polar surface area (TPSA) is 94.5 Å². The summed E-state index contributed by atoms with van der Waals surface area (Å²) in [5.41, 5.74) is 5.71. The molecule has 2 aromatic rings. The molecular weight excluding hydrogens is 266 g/mol. The standard InChI is InChI=1S/C14H23N7/c1-2-3-4-5-6-7-8-17-13-18-12(15)19-14(20-13)21-10-9-16-11-21/h9-11H,2-8H2,1H3,(H3,15,17,18,19,20). The first-order valence-electron chi connectivity index (χ1n) is 7.53. The molecule has 114 valence electrons. The zero-order valence-electron chi connectivity index (χ0n) is 12.5. The second kappa shape index (κ2) is 8.18. The summed E-state index contributed by atoms with van der Waals surface area (Å²) in [7, 11) is 0. The summed E-state index contributed by atoms with van der Waals surface area (Å²) in [5, 5.41) is 3.20. The minimum Gasteiger partial charge on any atom is -0.368 e. The van der Waals surface area contributed by atoms with Gasteiger partial charge in [-0.2, -0.15) is 15.0 Å². The van der Waals surface area contributed by atoms with Gasteiger partial charge in [-0.3, -0.25) is 4.57 Å². The van der Waals surface area contributed by atoms with Gasteiger partial charge in [0.1, 0.15) is 6.33 Å². The van der Waals surface area contributed by atoms with Gasteiger partial charge in [-0.15, -0.1) is 0 Å². The van der Waals surface area contributed by atoms with E-state index < -0.39 is 0 Å². The van der Waals surface area contributed by atoms with E-state index in [2.05, 4.69) is 32.2 Å². The molecule has 0 saturated carbocycles. The lowest BCUT2D eigenvalue weighted by atomic mass is 10.1. The molecule has 7 nitrogen and oxygen atoms in total. The highest BCUT2D eigenvalue weighted by Gasteiger charge is 2.05. The van der Waals surface area contributed by atoms with Crippen LogP contribution >= 0.6 is 0 Å². The van der Waals surface area contributed by atoms with E-state index in [9.17, 15) is 0 Å². The summed E-state index contributed by atoms with van der Waals surface area (Å²) in [6, 6.07) is 0. The first kappa shape index (κ1) is 15.2. The van der Waals surface area contributed by atoms with Gasteiger partial charge in [0, 0.05) is 18.9 Å². The largest absolute Gasteiger partial charge is 0.368 e. The molecule has 0 amide bonds. The van der Waals surface area contributed by atoms with Crippen LogP contribution in [0.25, 0.3) is 5.95 Å². The number of nitrogens with two attached hydrogens (primary N) is 1. The fraction of sp³-hybridized carbons (Fsp3) is 0.571. The smallest absolute Gasteiger partial charge is 0.241 e. The molecule has 0 spiro atoms. The van der Waals surface area contributed by atoms with Crippen molar-refractivity contribution in [2.75, 3.05) is 17.6 Å². The van der Waals surface area contributed by atoms with E-state index in [1.807, 2.05) is 0 Å².